The topological polar surface area (TPSA) is 75.7 Å². The molecule has 6 heteroatoms. The third-order valence-electron chi connectivity index (χ3n) is 8.22. The van der Waals surface area contributed by atoms with Gasteiger partial charge >= 0.3 is 6.03 Å². The van der Waals surface area contributed by atoms with Gasteiger partial charge in [0.05, 0.1) is 13.7 Å². The van der Waals surface area contributed by atoms with E-state index in [1.807, 2.05) is 19.1 Å². The van der Waals surface area contributed by atoms with E-state index in [2.05, 4.69) is 5.32 Å². The summed E-state index contributed by atoms with van der Waals surface area (Å²) in [6.45, 7) is 1.78. The molecule has 3 amide bonds. The van der Waals surface area contributed by atoms with Crippen LogP contribution >= 0.6 is 0 Å². The van der Waals surface area contributed by atoms with Gasteiger partial charge in [0.25, 0.3) is 5.91 Å². The number of nitrogens with zero attached hydrogens (tertiary/aromatic N) is 1. The van der Waals surface area contributed by atoms with Crippen molar-refractivity contribution in [2.24, 2.45) is 23.2 Å². The number of nitrogens with one attached hydrogen (secondary N) is 1. The Hall–Kier alpha value is -2.37. The molecule has 1 aromatic rings. The number of Topliss-reactive ketones (excluding diaryl/α,β-unsaturated/α-hetero) is 1. The van der Waals surface area contributed by atoms with Crippen molar-refractivity contribution in [2.45, 2.75) is 57.4 Å². The second kappa shape index (κ2) is 6.82. The summed E-state index contributed by atoms with van der Waals surface area (Å²) in [6.07, 6.45) is 7.02. The number of ketones is 1. The van der Waals surface area contributed by atoms with Gasteiger partial charge in [-0.05, 0) is 80.4 Å². The molecule has 0 unspecified atom stereocenters. The molecule has 1 aliphatic heterocycles. The van der Waals surface area contributed by atoms with E-state index >= 15 is 0 Å². The van der Waals surface area contributed by atoms with Crippen LogP contribution in [0.15, 0.2) is 24.3 Å². The molecule has 0 aromatic heterocycles. The minimum Gasteiger partial charge on any atom is -0.497 e. The maximum Gasteiger partial charge on any atom is 0.325 e. The van der Waals surface area contributed by atoms with E-state index in [1.54, 1.807) is 19.2 Å². The molecule has 30 heavy (non-hydrogen) atoms. The highest BCUT2D eigenvalue weighted by molar-refractivity contribution is 6.10. The SMILES string of the molecule is CC[C@]1(c2ccc(OC)cc2)NC(=O)N(CC(=O)C23CC4CC(CC(C4)C2)C3)C1=O. The van der Waals surface area contributed by atoms with Crippen LogP contribution in [0.25, 0.3) is 0 Å². The van der Waals surface area contributed by atoms with Crippen LogP contribution in [-0.2, 0) is 15.1 Å². The van der Waals surface area contributed by atoms with Crippen molar-refractivity contribution in [2.75, 3.05) is 13.7 Å². The molecule has 5 fully saturated rings. The van der Waals surface area contributed by atoms with E-state index < -0.39 is 11.6 Å². The maximum atomic E-state index is 13.5. The second-order valence-corrected chi connectivity index (χ2v) is 9.93. The maximum absolute atomic E-state index is 13.5. The molecule has 6 nitrogen and oxygen atoms in total. The summed E-state index contributed by atoms with van der Waals surface area (Å²) in [5, 5.41) is 2.89. The van der Waals surface area contributed by atoms with Gasteiger partial charge in [0.15, 0.2) is 5.78 Å². The van der Waals surface area contributed by atoms with Gasteiger partial charge < -0.3 is 10.1 Å². The summed E-state index contributed by atoms with van der Waals surface area (Å²) in [6, 6.07) is 6.73. The molecule has 5 aliphatic rings. The number of carbonyl (C=O) groups excluding carboxylic acids is 3. The van der Waals surface area contributed by atoms with E-state index in [0.29, 0.717) is 35.5 Å². The van der Waals surface area contributed by atoms with Gasteiger partial charge in [0.2, 0.25) is 0 Å². The number of carbonyl (C=O) groups is 3. The molecular formula is C24H30N2O4. The van der Waals surface area contributed by atoms with Gasteiger partial charge in [0, 0.05) is 5.41 Å². The molecule has 6 rings (SSSR count). The van der Waals surface area contributed by atoms with E-state index in [4.69, 9.17) is 4.74 Å². The lowest BCUT2D eigenvalue weighted by Crippen LogP contribution is -2.53. The Balaban J connectivity index is 1.38. The highest BCUT2D eigenvalue weighted by Crippen LogP contribution is 2.60. The molecule has 1 N–H and O–H groups in total. The first-order valence-corrected chi connectivity index (χ1v) is 11.2. The molecule has 4 saturated carbocycles. The van der Waals surface area contributed by atoms with Crippen molar-refractivity contribution in [3.05, 3.63) is 29.8 Å². The van der Waals surface area contributed by atoms with Gasteiger partial charge in [-0.25, -0.2) is 4.79 Å². The molecule has 1 aromatic carbocycles. The third-order valence-corrected chi connectivity index (χ3v) is 8.22. The molecule has 4 bridgehead atoms. The minimum absolute atomic E-state index is 0.0896. The van der Waals surface area contributed by atoms with Gasteiger partial charge in [-0.2, -0.15) is 0 Å². The van der Waals surface area contributed by atoms with Crippen molar-refractivity contribution in [1.29, 1.82) is 0 Å². The number of amides is 3. The summed E-state index contributed by atoms with van der Waals surface area (Å²) >= 11 is 0. The Morgan fingerprint density at radius 2 is 1.63 bits per heavy atom. The number of hydrogen-bond donors (Lipinski definition) is 1. The largest absolute Gasteiger partial charge is 0.497 e. The zero-order valence-electron chi connectivity index (χ0n) is 17.8. The Morgan fingerprint density at radius 3 is 2.13 bits per heavy atom. The molecule has 0 spiro atoms. The number of benzene rings is 1. The molecular weight excluding hydrogens is 380 g/mol. The monoisotopic (exact) mass is 410 g/mol. The number of ether oxygens (including phenoxy) is 1. The van der Waals surface area contributed by atoms with Crippen molar-refractivity contribution in [3.63, 3.8) is 0 Å². The normalized spacial score (nSPS) is 36.9. The number of hydrogen-bond acceptors (Lipinski definition) is 4. The molecule has 1 atom stereocenters. The smallest absolute Gasteiger partial charge is 0.325 e. The number of urea groups is 1. The van der Waals surface area contributed by atoms with E-state index in [0.717, 1.165) is 24.2 Å². The Morgan fingerprint density at radius 1 is 1.07 bits per heavy atom. The molecule has 4 aliphatic carbocycles. The lowest BCUT2D eigenvalue weighted by atomic mass is 9.48. The fourth-order valence-electron chi connectivity index (χ4n) is 7.05. The predicted octanol–water partition coefficient (Wildman–Crippen LogP) is 3.64. The quantitative estimate of drug-likeness (QED) is 0.727. The average Bonchev–Trinajstić information content (AvgIpc) is 2.98. The number of methoxy groups -OCH3 is 1. The first kappa shape index (κ1) is 19.6. The highest BCUT2D eigenvalue weighted by atomic mass is 16.5. The van der Waals surface area contributed by atoms with Crippen LogP contribution in [0.2, 0.25) is 0 Å². The van der Waals surface area contributed by atoms with Crippen molar-refractivity contribution in [1.82, 2.24) is 10.2 Å². The van der Waals surface area contributed by atoms with Crippen molar-refractivity contribution < 1.29 is 19.1 Å². The fraction of sp³-hybridized carbons (Fsp3) is 0.625. The van der Waals surface area contributed by atoms with Crippen LogP contribution < -0.4 is 10.1 Å². The van der Waals surface area contributed by atoms with Gasteiger partial charge in [-0.15, -0.1) is 0 Å². The van der Waals surface area contributed by atoms with Crippen LogP contribution in [0, 0.1) is 23.2 Å². The van der Waals surface area contributed by atoms with E-state index in [1.165, 1.54) is 19.3 Å². The summed E-state index contributed by atoms with van der Waals surface area (Å²) in [5.74, 6) is 2.41. The van der Waals surface area contributed by atoms with Gasteiger partial charge in [-0.3, -0.25) is 14.5 Å². The highest BCUT2D eigenvalue weighted by Gasteiger charge is 2.57. The molecule has 160 valence electrons. The predicted molar refractivity (Wildman–Crippen MR) is 111 cm³/mol. The summed E-state index contributed by atoms with van der Waals surface area (Å²) < 4.78 is 5.21. The molecule has 1 heterocycles. The van der Waals surface area contributed by atoms with Gasteiger partial charge in [0.1, 0.15) is 11.3 Å². The third kappa shape index (κ3) is 2.79. The van der Waals surface area contributed by atoms with Crippen LogP contribution in [0.5, 0.6) is 5.75 Å². The number of rotatable bonds is 6. The Bertz CT molecular complexity index is 858. The average molecular weight is 411 g/mol. The first-order chi connectivity index (χ1) is 14.4. The van der Waals surface area contributed by atoms with E-state index in [9.17, 15) is 14.4 Å². The summed E-state index contributed by atoms with van der Waals surface area (Å²) in [4.78, 5) is 40.9. The molecule has 0 radical (unpaired) electrons. The lowest BCUT2D eigenvalue weighted by molar-refractivity contribution is -0.147. The van der Waals surface area contributed by atoms with Crippen LogP contribution in [0.1, 0.15) is 57.4 Å². The zero-order valence-corrected chi connectivity index (χ0v) is 17.8. The van der Waals surface area contributed by atoms with Crippen molar-refractivity contribution in [3.8, 4) is 5.75 Å². The standard InChI is InChI=1S/C24H30N2O4/c1-3-24(18-4-6-19(30-2)7-5-18)21(28)26(22(29)25-24)14-20(27)23-11-15-8-16(12-23)10-17(9-15)13-23/h4-7,15-17H,3,8-14H2,1-2H3,(H,25,29)/t15?,16?,17?,23?,24-/m1/s1. The minimum atomic E-state index is -1.12. The van der Waals surface area contributed by atoms with Gasteiger partial charge in [-0.1, -0.05) is 19.1 Å². The second-order valence-electron chi connectivity index (χ2n) is 9.93. The number of imide groups is 1. The Kier molecular flexibility index (Phi) is 4.46. The van der Waals surface area contributed by atoms with Crippen LogP contribution in [0.4, 0.5) is 4.79 Å². The van der Waals surface area contributed by atoms with Crippen LogP contribution in [-0.4, -0.2) is 36.3 Å². The Labute approximate surface area is 177 Å². The first-order valence-electron chi connectivity index (χ1n) is 11.2. The lowest BCUT2D eigenvalue weighted by Gasteiger charge is -2.56. The summed E-state index contributed by atoms with van der Waals surface area (Å²) in [5.41, 5.74) is -0.716. The van der Waals surface area contributed by atoms with Crippen molar-refractivity contribution >= 4 is 17.7 Å². The zero-order chi connectivity index (χ0) is 21.1. The fourth-order valence-corrected chi connectivity index (χ4v) is 7.05. The van der Waals surface area contributed by atoms with E-state index in [-0.39, 0.29) is 23.7 Å². The molecule has 1 saturated heterocycles. The van der Waals surface area contributed by atoms with Crippen LogP contribution in [0.3, 0.4) is 0 Å². The summed E-state index contributed by atoms with van der Waals surface area (Å²) in [7, 11) is 1.59.